The molecule has 0 aromatic rings. The Morgan fingerprint density at radius 2 is 2.06 bits per heavy atom. The van der Waals surface area contributed by atoms with Crippen molar-refractivity contribution in [1.82, 2.24) is 4.90 Å². The van der Waals surface area contributed by atoms with Gasteiger partial charge in [0.05, 0.1) is 18.6 Å². The highest BCUT2D eigenvalue weighted by molar-refractivity contribution is 5.82. The van der Waals surface area contributed by atoms with Crippen LogP contribution in [0, 0.1) is 0 Å². The molecule has 1 amide bonds. The van der Waals surface area contributed by atoms with Crippen LogP contribution in [0.15, 0.2) is 0 Å². The van der Waals surface area contributed by atoms with E-state index >= 15 is 0 Å². The number of ether oxygens (including phenoxy) is 1. The monoisotopic (exact) mass is 259 g/mol. The normalized spacial score (nSPS) is 30.0. The number of likely N-dealkylation sites (tertiary alicyclic amines) is 1. The van der Waals surface area contributed by atoms with Crippen LogP contribution in [0.5, 0.6) is 0 Å². The van der Waals surface area contributed by atoms with Crippen LogP contribution in [0.3, 0.4) is 0 Å². The molecule has 0 aromatic heterocycles. The molecule has 2 fully saturated rings. The van der Waals surface area contributed by atoms with Gasteiger partial charge in [0.25, 0.3) is 0 Å². The topological polar surface area (TPSA) is 66.8 Å². The maximum atomic E-state index is 13.8. The Hall–Kier alpha value is -1.17. The van der Waals surface area contributed by atoms with E-state index in [1.165, 1.54) is 4.90 Å². The van der Waals surface area contributed by atoms with E-state index in [1.54, 1.807) is 7.11 Å². The Labute approximate surface area is 105 Å². The minimum Gasteiger partial charge on any atom is -0.479 e. The minimum absolute atomic E-state index is 0.131. The first kappa shape index (κ1) is 13.3. The van der Waals surface area contributed by atoms with Crippen molar-refractivity contribution in [1.29, 1.82) is 0 Å². The van der Waals surface area contributed by atoms with Crippen molar-refractivity contribution in [3.8, 4) is 0 Å². The molecule has 0 aromatic carbocycles. The summed E-state index contributed by atoms with van der Waals surface area (Å²) in [7, 11) is 1.58. The number of rotatable bonds is 4. The fraction of sp³-hybridized carbons (Fsp3) is 0.833. The Balaban J connectivity index is 1.93. The molecule has 1 N–H and O–H groups in total. The number of carboxylic acid groups (broad SMARTS) is 1. The molecule has 1 aliphatic heterocycles. The van der Waals surface area contributed by atoms with Gasteiger partial charge in [0.15, 0.2) is 0 Å². The molecular weight excluding hydrogens is 241 g/mol. The van der Waals surface area contributed by atoms with Crippen LogP contribution < -0.4 is 0 Å². The van der Waals surface area contributed by atoms with E-state index in [4.69, 9.17) is 9.84 Å². The number of carbonyl (C=O) groups is 2. The highest BCUT2D eigenvalue weighted by atomic mass is 19.1. The van der Waals surface area contributed by atoms with E-state index in [-0.39, 0.29) is 31.8 Å². The summed E-state index contributed by atoms with van der Waals surface area (Å²) in [5.74, 6) is -1.69. The van der Waals surface area contributed by atoms with Gasteiger partial charge in [0.2, 0.25) is 11.6 Å². The predicted molar refractivity (Wildman–Crippen MR) is 60.9 cm³/mol. The number of hydrogen-bond donors (Lipinski definition) is 1. The fourth-order valence-electron chi connectivity index (χ4n) is 2.57. The molecular formula is C12H18FNO4. The number of halogens is 1. The summed E-state index contributed by atoms with van der Waals surface area (Å²) >= 11 is 0. The lowest BCUT2D eigenvalue weighted by Gasteiger charge is -2.40. The van der Waals surface area contributed by atoms with Gasteiger partial charge in [-0.15, -0.1) is 0 Å². The van der Waals surface area contributed by atoms with Gasteiger partial charge in [-0.2, -0.15) is 0 Å². The lowest BCUT2D eigenvalue weighted by molar-refractivity contribution is -0.151. The van der Waals surface area contributed by atoms with Crippen LogP contribution in [0.4, 0.5) is 4.39 Å². The van der Waals surface area contributed by atoms with Crippen molar-refractivity contribution in [3.63, 3.8) is 0 Å². The number of carbonyl (C=O) groups excluding carboxylic acids is 1. The zero-order valence-electron chi connectivity index (χ0n) is 10.4. The number of hydrogen-bond acceptors (Lipinski definition) is 3. The number of aliphatic carboxylic acids is 1. The lowest BCUT2D eigenvalue weighted by Crippen LogP contribution is -2.46. The van der Waals surface area contributed by atoms with Gasteiger partial charge in [-0.3, -0.25) is 4.79 Å². The molecule has 1 aliphatic carbocycles. The second kappa shape index (κ2) is 4.50. The maximum Gasteiger partial charge on any atom is 0.343 e. The van der Waals surface area contributed by atoms with E-state index in [1.807, 2.05) is 0 Å². The summed E-state index contributed by atoms with van der Waals surface area (Å²) in [6.07, 6.45) is 2.79. The van der Waals surface area contributed by atoms with Crippen LogP contribution in [0.2, 0.25) is 0 Å². The third-order valence-electron chi connectivity index (χ3n) is 4.13. The average Bonchev–Trinajstić information content (AvgIpc) is 2.68. The number of alkyl halides is 1. The molecule has 1 heterocycles. The zero-order valence-corrected chi connectivity index (χ0v) is 10.4. The molecule has 2 aliphatic rings. The standard InChI is InChI=1S/C12H18FNO4/c1-18-11(3-2-4-11)7-9(15)14-6-5-12(13,8-14)10(16)17/h2-8H2,1H3,(H,16,17). The van der Waals surface area contributed by atoms with Crippen molar-refractivity contribution in [3.05, 3.63) is 0 Å². The van der Waals surface area contributed by atoms with Gasteiger partial charge in [-0.1, -0.05) is 0 Å². The molecule has 0 radical (unpaired) electrons. The lowest BCUT2D eigenvalue weighted by atomic mass is 9.77. The van der Waals surface area contributed by atoms with Crippen molar-refractivity contribution in [2.45, 2.75) is 43.4 Å². The van der Waals surface area contributed by atoms with Crippen molar-refractivity contribution < 1.29 is 23.8 Å². The molecule has 1 saturated carbocycles. The van der Waals surface area contributed by atoms with E-state index in [0.717, 1.165) is 19.3 Å². The van der Waals surface area contributed by atoms with E-state index < -0.39 is 17.2 Å². The first-order valence-corrected chi connectivity index (χ1v) is 6.16. The van der Waals surface area contributed by atoms with Gasteiger partial charge < -0.3 is 14.7 Å². The zero-order chi connectivity index (χ0) is 13.4. The second-order valence-electron chi connectivity index (χ2n) is 5.25. The quantitative estimate of drug-likeness (QED) is 0.817. The van der Waals surface area contributed by atoms with E-state index in [9.17, 15) is 14.0 Å². The largest absolute Gasteiger partial charge is 0.479 e. The fourth-order valence-corrected chi connectivity index (χ4v) is 2.57. The third-order valence-corrected chi connectivity index (χ3v) is 4.13. The maximum absolute atomic E-state index is 13.8. The molecule has 1 saturated heterocycles. The highest BCUT2D eigenvalue weighted by Gasteiger charge is 2.48. The molecule has 0 spiro atoms. The number of carboxylic acids is 1. The molecule has 5 nitrogen and oxygen atoms in total. The Bertz CT molecular complexity index is 364. The van der Waals surface area contributed by atoms with Gasteiger partial charge in [-0.25, -0.2) is 9.18 Å². The third kappa shape index (κ3) is 2.21. The van der Waals surface area contributed by atoms with E-state index in [0.29, 0.717) is 0 Å². The first-order chi connectivity index (χ1) is 8.41. The molecule has 6 heteroatoms. The number of nitrogens with zero attached hydrogens (tertiary/aromatic N) is 1. The molecule has 2 rings (SSSR count). The smallest absolute Gasteiger partial charge is 0.343 e. The Kier molecular flexibility index (Phi) is 3.31. The average molecular weight is 259 g/mol. The van der Waals surface area contributed by atoms with Gasteiger partial charge in [0.1, 0.15) is 0 Å². The Morgan fingerprint density at radius 1 is 1.39 bits per heavy atom. The van der Waals surface area contributed by atoms with Crippen LogP contribution in [0.25, 0.3) is 0 Å². The summed E-state index contributed by atoms with van der Waals surface area (Å²) in [5, 5.41) is 8.77. The van der Waals surface area contributed by atoms with Gasteiger partial charge in [-0.05, 0) is 19.3 Å². The van der Waals surface area contributed by atoms with Crippen LogP contribution in [-0.4, -0.2) is 53.4 Å². The van der Waals surface area contributed by atoms with Gasteiger partial charge >= 0.3 is 5.97 Å². The van der Waals surface area contributed by atoms with E-state index in [2.05, 4.69) is 0 Å². The van der Waals surface area contributed by atoms with Crippen molar-refractivity contribution in [2.24, 2.45) is 0 Å². The summed E-state index contributed by atoms with van der Waals surface area (Å²) in [6.45, 7) is -0.178. The predicted octanol–water partition coefficient (Wildman–Crippen LogP) is 0.971. The summed E-state index contributed by atoms with van der Waals surface area (Å²) in [4.78, 5) is 24.1. The molecule has 18 heavy (non-hydrogen) atoms. The van der Waals surface area contributed by atoms with Crippen molar-refractivity contribution >= 4 is 11.9 Å². The molecule has 1 atom stereocenters. The SMILES string of the molecule is COC1(CC(=O)N2CCC(F)(C(=O)O)C2)CCC1. The molecule has 1 unspecified atom stereocenters. The van der Waals surface area contributed by atoms with Crippen LogP contribution >= 0.6 is 0 Å². The Morgan fingerprint density at radius 3 is 2.44 bits per heavy atom. The van der Waals surface area contributed by atoms with Gasteiger partial charge in [0, 0.05) is 20.1 Å². The first-order valence-electron chi connectivity index (χ1n) is 6.16. The second-order valence-corrected chi connectivity index (χ2v) is 5.25. The van der Waals surface area contributed by atoms with Crippen LogP contribution in [0.1, 0.15) is 32.1 Å². The van der Waals surface area contributed by atoms with Crippen molar-refractivity contribution in [2.75, 3.05) is 20.2 Å². The number of amides is 1. The summed E-state index contributed by atoms with van der Waals surface area (Å²) in [6, 6.07) is 0. The molecule has 102 valence electrons. The molecule has 0 bridgehead atoms. The van der Waals surface area contributed by atoms with Crippen LogP contribution in [-0.2, 0) is 14.3 Å². The number of methoxy groups -OCH3 is 1. The highest BCUT2D eigenvalue weighted by Crippen LogP contribution is 2.39. The summed E-state index contributed by atoms with van der Waals surface area (Å²) < 4.78 is 19.2. The summed E-state index contributed by atoms with van der Waals surface area (Å²) in [5.41, 5.74) is -2.68. The minimum atomic E-state index is -2.28.